The maximum atomic E-state index is 3.51. The predicted octanol–water partition coefficient (Wildman–Crippen LogP) is 2.78. The molecule has 0 aliphatic carbocycles. The Bertz CT molecular complexity index is 321. The summed E-state index contributed by atoms with van der Waals surface area (Å²) in [6.07, 6.45) is 2.42. The van der Waals surface area contributed by atoms with Crippen LogP contribution in [0.1, 0.15) is 36.5 Å². The van der Waals surface area contributed by atoms with Gasteiger partial charge in [-0.05, 0) is 57.5 Å². The second-order valence-electron chi connectivity index (χ2n) is 4.71. The van der Waals surface area contributed by atoms with E-state index in [4.69, 9.17) is 0 Å². The van der Waals surface area contributed by atoms with Gasteiger partial charge in [0.25, 0.3) is 0 Å². The van der Waals surface area contributed by atoms with Crippen molar-refractivity contribution in [2.75, 3.05) is 19.6 Å². The molecule has 0 aromatic heterocycles. The van der Waals surface area contributed by atoms with Crippen LogP contribution in [0.4, 0.5) is 0 Å². The fourth-order valence-electron chi connectivity index (χ4n) is 1.85. The molecule has 0 atom stereocenters. The molecule has 0 saturated heterocycles. The second-order valence-corrected chi connectivity index (χ2v) is 4.71. The Morgan fingerprint density at radius 2 is 1.76 bits per heavy atom. The van der Waals surface area contributed by atoms with Gasteiger partial charge in [-0.3, -0.25) is 0 Å². The minimum Gasteiger partial charge on any atom is -0.317 e. The molecule has 0 bridgehead atoms. The molecular weight excluding hydrogens is 208 g/mol. The fraction of sp³-hybridized carbons (Fsp3) is 0.600. The highest BCUT2D eigenvalue weighted by atomic mass is 14.9. The third-order valence-electron chi connectivity index (χ3n) is 2.95. The van der Waals surface area contributed by atoms with E-state index >= 15 is 0 Å². The lowest BCUT2D eigenvalue weighted by Gasteiger charge is -2.09. The zero-order valence-electron chi connectivity index (χ0n) is 11.5. The average Bonchev–Trinajstić information content (AvgIpc) is 2.32. The Balaban J connectivity index is 2.15. The van der Waals surface area contributed by atoms with Crippen LogP contribution in [0.3, 0.4) is 0 Å². The largest absolute Gasteiger partial charge is 0.317 e. The standard InChI is InChI=1S/C15H26N2/c1-4-8-16-9-5-10-17-12-15-11-13(2)6-7-14(15)3/h6-7,11,16-17H,4-5,8-10,12H2,1-3H3. The van der Waals surface area contributed by atoms with E-state index in [2.05, 4.69) is 49.6 Å². The third kappa shape index (κ3) is 5.85. The first-order valence-corrected chi connectivity index (χ1v) is 6.71. The number of rotatable bonds is 8. The van der Waals surface area contributed by atoms with Gasteiger partial charge in [0.05, 0.1) is 0 Å². The molecule has 0 fully saturated rings. The van der Waals surface area contributed by atoms with E-state index in [1.807, 2.05) is 0 Å². The maximum Gasteiger partial charge on any atom is 0.0208 e. The van der Waals surface area contributed by atoms with E-state index in [9.17, 15) is 0 Å². The number of hydrogen-bond donors (Lipinski definition) is 2. The highest BCUT2D eigenvalue weighted by Crippen LogP contribution is 2.09. The molecule has 0 aliphatic heterocycles. The maximum absolute atomic E-state index is 3.51. The van der Waals surface area contributed by atoms with Crippen molar-refractivity contribution in [2.45, 2.75) is 40.2 Å². The molecule has 1 aromatic carbocycles. The summed E-state index contributed by atoms with van der Waals surface area (Å²) in [5.41, 5.74) is 4.15. The lowest BCUT2D eigenvalue weighted by molar-refractivity contribution is 0.591. The zero-order chi connectivity index (χ0) is 12.5. The van der Waals surface area contributed by atoms with Gasteiger partial charge in [0.2, 0.25) is 0 Å². The molecule has 0 aliphatic rings. The lowest BCUT2D eigenvalue weighted by Crippen LogP contribution is -2.22. The van der Waals surface area contributed by atoms with Crippen molar-refractivity contribution in [1.82, 2.24) is 10.6 Å². The number of benzene rings is 1. The summed E-state index contributed by atoms with van der Waals surface area (Å²) in [4.78, 5) is 0. The molecule has 1 rings (SSSR count). The molecular formula is C15H26N2. The summed E-state index contributed by atoms with van der Waals surface area (Å²) in [6.45, 7) is 10.9. The van der Waals surface area contributed by atoms with E-state index in [1.165, 1.54) is 29.5 Å². The summed E-state index contributed by atoms with van der Waals surface area (Å²) in [5.74, 6) is 0. The van der Waals surface area contributed by atoms with Crippen LogP contribution in [-0.4, -0.2) is 19.6 Å². The van der Waals surface area contributed by atoms with Crippen molar-refractivity contribution < 1.29 is 0 Å². The van der Waals surface area contributed by atoms with Crippen molar-refractivity contribution in [2.24, 2.45) is 0 Å². The number of nitrogens with one attached hydrogen (secondary N) is 2. The summed E-state index contributed by atoms with van der Waals surface area (Å²) in [5, 5.41) is 6.92. The topological polar surface area (TPSA) is 24.1 Å². The van der Waals surface area contributed by atoms with Gasteiger partial charge in [-0.25, -0.2) is 0 Å². The molecule has 0 amide bonds. The molecule has 2 heteroatoms. The molecule has 0 unspecified atom stereocenters. The molecule has 0 radical (unpaired) electrons. The number of hydrogen-bond acceptors (Lipinski definition) is 2. The molecule has 17 heavy (non-hydrogen) atoms. The average molecular weight is 234 g/mol. The van der Waals surface area contributed by atoms with Crippen LogP contribution in [0, 0.1) is 13.8 Å². The lowest BCUT2D eigenvalue weighted by atomic mass is 10.1. The molecule has 1 aromatic rings. The van der Waals surface area contributed by atoms with E-state index in [0.29, 0.717) is 0 Å². The summed E-state index contributed by atoms with van der Waals surface area (Å²) in [6, 6.07) is 6.65. The summed E-state index contributed by atoms with van der Waals surface area (Å²) < 4.78 is 0. The van der Waals surface area contributed by atoms with E-state index < -0.39 is 0 Å². The summed E-state index contributed by atoms with van der Waals surface area (Å²) in [7, 11) is 0. The van der Waals surface area contributed by atoms with Crippen LogP contribution in [-0.2, 0) is 6.54 Å². The minimum atomic E-state index is 0.987. The van der Waals surface area contributed by atoms with Gasteiger partial charge in [0, 0.05) is 6.54 Å². The summed E-state index contributed by atoms with van der Waals surface area (Å²) >= 11 is 0. The van der Waals surface area contributed by atoms with Gasteiger partial charge < -0.3 is 10.6 Å². The van der Waals surface area contributed by atoms with Gasteiger partial charge in [-0.1, -0.05) is 30.7 Å². The van der Waals surface area contributed by atoms with Crippen LogP contribution in [0.2, 0.25) is 0 Å². The first kappa shape index (κ1) is 14.2. The Kier molecular flexibility index (Phi) is 6.90. The Morgan fingerprint density at radius 3 is 2.53 bits per heavy atom. The first-order valence-electron chi connectivity index (χ1n) is 6.71. The van der Waals surface area contributed by atoms with Crippen LogP contribution < -0.4 is 10.6 Å². The molecule has 2 nitrogen and oxygen atoms in total. The van der Waals surface area contributed by atoms with E-state index in [0.717, 1.165) is 26.2 Å². The smallest absolute Gasteiger partial charge is 0.0208 e. The first-order chi connectivity index (χ1) is 8.24. The van der Waals surface area contributed by atoms with Crippen molar-refractivity contribution in [3.05, 3.63) is 34.9 Å². The monoisotopic (exact) mass is 234 g/mol. The minimum absolute atomic E-state index is 0.987. The molecule has 0 spiro atoms. The van der Waals surface area contributed by atoms with Crippen LogP contribution in [0.5, 0.6) is 0 Å². The predicted molar refractivity (Wildman–Crippen MR) is 75.4 cm³/mol. The van der Waals surface area contributed by atoms with E-state index in [-0.39, 0.29) is 0 Å². The van der Waals surface area contributed by atoms with E-state index in [1.54, 1.807) is 0 Å². The molecule has 96 valence electrons. The van der Waals surface area contributed by atoms with Crippen molar-refractivity contribution in [3.8, 4) is 0 Å². The van der Waals surface area contributed by atoms with Gasteiger partial charge in [0.15, 0.2) is 0 Å². The van der Waals surface area contributed by atoms with Gasteiger partial charge in [-0.15, -0.1) is 0 Å². The Morgan fingerprint density at radius 1 is 1.00 bits per heavy atom. The van der Waals surface area contributed by atoms with Crippen molar-refractivity contribution in [1.29, 1.82) is 0 Å². The quantitative estimate of drug-likeness (QED) is 0.676. The van der Waals surface area contributed by atoms with Crippen LogP contribution in [0.25, 0.3) is 0 Å². The highest BCUT2D eigenvalue weighted by molar-refractivity contribution is 5.30. The molecule has 0 heterocycles. The molecule has 2 N–H and O–H groups in total. The van der Waals surface area contributed by atoms with Gasteiger partial charge >= 0.3 is 0 Å². The van der Waals surface area contributed by atoms with Gasteiger partial charge in [0.1, 0.15) is 0 Å². The zero-order valence-corrected chi connectivity index (χ0v) is 11.5. The number of aryl methyl sites for hydroxylation is 2. The fourth-order valence-corrected chi connectivity index (χ4v) is 1.85. The van der Waals surface area contributed by atoms with Crippen LogP contribution >= 0.6 is 0 Å². The SMILES string of the molecule is CCCNCCCNCc1cc(C)ccc1C. The van der Waals surface area contributed by atoms with Crippen LogP contribution in [0.15, 0.2) is 18.2 Å². The normalized spacial score (nSPS) is 10.8. The highest BCUT2D eigenvalue weighted by Gasteiger charge is 1.97. The second kappa shape index (κ2) is 8.26. The van der Waals surface area contributed by atoms with Crippen molar-refractivity contribution in [3.63, 3.8) is 0 Å². The van der Waals surface area contributed by atoms with Crippen molar-refractivity contribution >= 4 is 0 Å². The third-order valence-corrected chi connectivity index (χ3v) is 2.95. The van der Waals surface area contributed by atoms with Gasteiger partial charge in [-0.2, -0.15) is 0 Å². The Labute approximate surface area is 106 Å². The molecule has 0 saturated carbocycles. The Hall–Kier alpha value is -0.860.